The predicted molar refractivity (Wildman–Crippen MR) is 146 cm³/mol. The van der Waals surface area contributed by atoms with Crippen LogP contribution in [-0.4, -0.2) is 55.6 Å². The SMILES string of the molecule is CC1=C(CCCCCCN2CCN(c3ccccc3[N+](=O)[O-])CC2)CN(c2ccc(C#N)c(C(F)(F)F)c2)C1. The number of piperazine rings is 1. The van der Waals surface area contributed by atoms with E-state index in [0.717, 1.165) is 70.9 Å². The minimum atomic E-state index is -4.55. The van der Waals surface area contributed by atoms with Crippen LogP contribution in [0, 0.1) is 21.4 Å². The number of halogens is 3. The van der Waals surface area contributed by atoms with Gasteiger partial charge in [-0.2, -0.15) is 18.4 Å². The zero-order valence-corrected chi connectivity index (χ0v) is 22.2. The van der Waals surface area contributed by atoms with Gasteiger partial charge in [0.1, 0.15) is 5.69 Å². The van der Waals surface area contributed by atoms with Crippen LogP contribution >= 0.6 is 0 Å². The summed E-state index contributed by atoms with van der Waals surface area (Å²) in [5.41, 5.74) is 2.62. The summed E-state index contributed by atoms with van der Waals surface area (Å²) in [4.78, 5) is 17.5. The van der Waals surface area contributed by atoms with Crippen LogP contribution in [0.4, 0.5) is 30.2 Å². The van der Waals surface area contributed by atoms with Crippen molar-refractivity contribution in [2.24, 2.45) is 0 Å². The van der Waals surface area contributed by atoms with Crippen molar-refractivity contribution >= 4 is 17.1 Å². The third-order valence-corrected chi connectivity index (χ3v) is 7.70. The van der Waals surface area contributed by atoms with Gasteiger partial charge in [0.05, 0.1) is 22.1 Å². The van der Waals surface area contributed by atoms with E-state index in [1.165, 1.54) is 17.2 Å². The van der Waals surface area contributed by atoms with E-state index in [1.807, 2.05) is 24.0 Å². The number of nitriles is 1. The van der Waals surface area contributed by atoms with Crippen LogP contribution in [0.2, 0.25) is 0 Å². The number of alkyl halides is 3. The van der Waals surface area contributed by atoms with E-state index in [4.69, 9.17) is 5.26 Å². The van der Waals surface area contributed by atoms with Crippen LogP contribution in [0.3, 0.4) is 0 Å². The quantitative estimate of drug-likeness (QED) is 0.150. The number of hydrogen-bond acceptors (Lipinski definition) is 6. The smallest absolute Gasteiger partial charge is 0.364 e. The molecule has 2 aliphatic rings. The molecule has 0 radical (unpaired) electrons. The molecule has 39 heavy (non-hydrogen) atoms. The molecular weight excluding hydrogens is 507 g/mol. The van der Waals surface area contributed by atoms with Crippen molar-refractivity contribution in [1.82, 2.24) is 4.90 Å². The van der Waals surface area contributed by atoms with Gasteiger partial charge in [0.15, 0.2) is 0 Å². The minimum absolute atomic E-state index is 0.157. The molecule has 0 N–H and O–H groups in total. The summed E-state index contributed by atoms with van der Waals surface area (Å²) in [5, 5.41) is 20.4. The predicted octanol–water partition coefficient (Wildman–Crippen LogP) is 6.39. The number of nitro benzene ring substituents is 1. The molecule has 2 aromatic carbocycles. The van der Waals surface area contributed by atoms with Gasteiger partial charge in [0.25, 0.3) is 5.69 Å². The van der Waals surface area contributed by atoms with E-state index >= 15 is 0 Å². The molecule has 2 heterocycles. The molecule has 2 aromatic rings. The second-order valence-corrected chi connectivity index (χ2v) is 10.3. The van der Waals surface area contributed by atoms with E-state index in [0.29, 0.717) is 24.5 Å². The number of nitrogens with zero attached hydrogens (tertiary/aromatic N) is 5. The number of unbranched alkanes of at least 4 members (excludes halogenated alkanes) is 3. The number of rotatable bonds is 10. The van der Waals surface area contributed by atoms with Gasteiger partial charge in [-0.1, -0.05) is 36.1 Å². The Kier molecular flexibility index (Phi) is 9.12. The Balaban J connectivity index is 1.16. The maximum Gasteiger partial charge on any atom is 0.417 e. The van der Waals surface area contributed by atoms with Gasteiger partial charge in [-0.15, -0.1) is 0 Å². The molecule has 0 unspecified atom stereocenters. The Morgan fingerprint density at radius 1 is 0.974 bits per heavy atom. The molecule has 0 aliphatic carbocycles. The lowest BCUT2D eigenvalue weighted by molar-refractivity contribution is -0.384. The topological polar surface area (TPSA) is 76.7 Å². The zero-order valence-electron chi connectivity index (χ0n) is 22.2. The first-order chi connectivity index (χ1) is 18.7. The Morgan fingerprint density at radius 3 is 2.38 bits per heavy atom. The Bertz CT molecular complexity index is 1250. The highest BCUT2D eigenvalue weighted by molar-refractivity contribution is 5.63. The van der Waals surface area contributed by atoms with Gasteiger partial charge < -0.3 is 9.80 Å². The fourth-order valence-electron chi connectivity index (χ4n) is 5.48. The van der Waals surface area contributed by atoms with Crippen LogP contribution in [0.15, 0.2) is 53.6 Å². The van der Waals surface area contributed by atoms with E-state index in [9.17, 15) is 23.3 Å². The van der Waals surface area contributed by atoms with E-state index in [2.05, 4.69) is 9.80 Å². The Hall–Kier alpha value is -3.58. The van der Waals surface area contributed by atoms with E-state index < -0.39 is 11.7 Å². The lowest BCUT2D eigenvalue weighted by atomic mass is 10.0. The summed E-state index contributed by atoms with van der Waals surface area (Å²) in [6.45, 7) is 7.62. The first kappa shape index (κ1) is 28.4. The standard InChI is InChI=1S/C29H34F3N5O2/c1-22-20-36(25-12-11-23(19-33)26(18-25)29(30,31)32)21-24(22)8-4-2-3-7-13-34-14-16-35(17-15-34)27-9-5-6-10-28(27)37(38)39/h5-6,9-12,18H,2-4,7-8,13-17,20-21H2,1H3. The fraction of sp³-hybridized carbons (Fsp3) is 0.483. The fourth-order valence-corrected chi connectivity index (χ4v) is 5.48. The molecule has 0 aromatic heterocycles. The largest absolute Gasteiger partial charge is 0.417 e. The van der Waals surface area contributed by atoms with Crippen molar-refractivity contribution in [2.75, 3.05) is 55.6 Å². The maximum atomic E-state index is 13.4. The van der Waals surface area contributed by atoms with Gasteiger partial charge >= 0.3 is 6.18 Å². The third kappa shape index (κ3) is 7.09. The monoisotopic (exact) mass is 541 g/mol. The van der Waals surface area contributed by atoms with Gasteiger partial charge in [0, 0.05) is 51.0 Å². The highest BCUT2D eigenvalue weighted by Crippen LogP contribution is 2.36. The number of nitro groups is 1. The molecule has 0 spiro atoms. The van der Waals surface area contributed by atoms with Gasteiger partial charge in [-0.25, -0.2) is 0 Å². The number of hydrogen-bond donors (Lipinski definition) is 0. The maximum absolute atomic E-state index is 13.4. The average molecular weight is 542 g/mol. The third-order valence-electron chi connectivity index (χ3n) is 7.70. The number of anilines is 2. The lowest BCUT2D eigenvalue weighted by Gasteiger charge is -2.35. The van der Waals surface area contributed by atoms with Crippen molar-refractivity contribution in [3.05, 3.63) is 74.9 Å². The highest BCUT2D eigenvalue weighted by atomic mass is 19.4. The Morgan fingerprint density at radius 2 is 1.69 bits per heavy atom. The summed E-state index contributed by atoms with van der Waals surface area (Å²) in [5.74, 6) is 0. The molecule has 208 valence electrons. The molecule has 10 heteroatoms. The Labute approximate surface area is 227 Å². The average Bonchev–Trinajstić information content (AvgIpc) is 3.30. The molecular formula is C29H34F3N5O2. The van der Waals surface area contributed by atoms with Gasteiger partial charge in [-0.05, 0) is 57.0 Å². The molecule has 1 saturated heterocycles. The van der Waals surface area contributed by atoms with Crippen LogP contribution < -0.4 is 9.80 Å². The zero-order chi connectivity index (χ0) is 28.0. The molecule has 0 amide bonds. The molecule has 0 bridgehead atoms. The summed E-state index contributed by atoms with van der Waals surface area (Å²) < 4.78 is 40.1. The summed E-state index contributed by atoms with van der Waals surface area (Å²) in [7, 11) is 0. The van der Waals surface area contributed by atoms with Crippen molar-refractivity contribution < 1.29 is 18.1 Å². The molecule has 1 fully saturated rings. The number of para-hydroxylation sites is 2. The summed E-state index contributed by atoms with van der Waals surface area (Å²) in [6.07, 6.45) is 0.753. The molecule has 4 rings (SSSR count). The first-order valence-electron chi connectivity index (χ1n) is 13.4. The van der Waals surface area contributed by atoms with Crippen molar-refractivity contribution in [3.63, 3.8) is 0 Å². The second-order valence-electron chi connectivity index (χ2n) is 10.3. The minimum Gasteiger partial charge on any atom is -0.364 e. The summed E-state index contributed by atoms with van der Waals surface area (Å²) >= 11 is 0. The van der Waals surface area contributed by atoms with Crippen LogP contribution in [0.5, 0.6) is 0 Å². The van der Waals surface area contributed by atoms with Crippen LogP contribution in [-0.2, 0) is 6.18 Å². The van der Waals surface area contributed by atoms with Crippen molar-refractivity contribution in [1.29, 1.82) is 5.26 Å². The van der Waals surface area contributed by atoms with Crippen LogP contribution in [0.1, 0.15) is 50.2 Å². The highest BCUT2D eigenvalue weighted by Gasteiger charge is 2.34. The van der Waals surface area contributed by atoms with Gasteiger partial charge in [-0.3, -0.25) is 15.0 Å². The van der Waals surface area contributed by atoms with Crippen molar-refractivity contribution in [3.8, 4) is 6.07 Å². The van der Waals surface area contributed by atoms with Crippen LogP contribution in [0.25, 0.3) is 0 Å². The molecule has 2 aliphatic heterocycles. The lowest BCUT2D eigenvalue weighted by Crippen LogP contribution is -2.46. The normalized spacial score (nSPS) is 16.6. The second kappa shape index (κ2) is 12.5. The number of benzene rings is 2. The molecule has 0 saturated carbocycles. The molecule has 7 nitrogen and oxygen atoms in total. The van der Waals surface area contributed by atoms with Crippen molar-refractivity contribution in [2.45, 2.75) is 45.2 Å². The first-order valence-corrected chi connectivity index (χ1v) is 13.4. The summed E-state index contributed by atoms with van der Waals surface area (Å²) in [6, 6.07) is 12.5. The van der Waals surface area contributed by atoms with E-state index in [-0.39, 0.29) is 16.2 Å². The van der Waals surface area contributed by atoms with E-state index in [1.54, 1.807) is 24.3 Å². The molecule has 0 atom stereocenters. The van der Waals surface area contributed by atoms with Gasteiger partial charge in [0.2, 0.25) is 0 Å².